The molecular formula is C13H15N3. The molecule has 82 valence electrons. The predicted octanol–water partition coefficient (Wildman–Crippen LogP) is 2.70. The van der Waals surface area contributed by atoms with Gasteiger partial charge in [-0.05, 0) is 37.5 Å². The van der Waals surface area contributed by atoms with Crippen molar-refractivity contribution in [3.05, 3.63) is 36.7 Å². The first-order valence-corrected chi connectivity index (χ1v) is 5.68. The Morgan fingerprint density at radius 3 is 2.75 bits per heavy atom. The molecule has 0 saturated heterocycles. The topological polar surface area (TPSA) is 30.7 Å². The van der Waals surface area contributed by atoms with E-state index in [0.29, 0.717) is 5.92 Å². The number of hydrogen-bond acceptors (Lipinski definition) is 2. The van der Waals surface area contributed by atoms with Gasteiger partial charge in [-0.3, -0.25) is 9.67 Å². The molecule has 2 heterocycles. The van der Waals surface area contributed by atoms with Gasteiger partial charge in [-0.15, -0.1) is 0 Å². The van der Waals surface area contributed by atoms with Crippen LogP contribution in [0.25, 0.3) is 11.4 Å². The number of rotatable bonds is 2. The summed E-state index contributed by atoms with van der Waals surface area (Å²) in [5.41, 5.74) is 2.31. The normalized spacial score (nSPS) is 28.0. The predicted molar refractivity (Wildman–Crippen MR) is 62.9 cm³/mol. The van der Waals surface area contributed by atoms with Gasteiger partial charge in [-0.1, -0.05) is 13.0 Å². The molecule has 0 aliphatic heterocycles. The third-order valence-electron chi connectivity index (χ3n) is 3.67. The summed E-state index contributed by atoms with van der Waals surface area (Å²) < 4.78 is 2.12. The van der Waals surface area contributed by atoms with Crippen molar-refractivity contribution in [1.82, 2.24) is 14.8 Å². The third-order valence-corrected chi connectivity index (χ3v) is 3.67. The first kappa shape index (κ1) is 9.58. The highest BCUT2D eigenvalue weighted by Crippen LogP contribution is 2.50. The van der Waals surface area contributed by atoms with Crippen molar-refractivity contribution in [2.75, 3.05) is 0 Å². The second-order valence-corrected chi connectivity index (χ2v) is 4.81. The molecule has 0 bridgehead atoms. The Balaban J connectivity index is 2.07. The van der Waals surface area contributed by atoms with Crippen LogP contribution in [0.3, 0.4) is 0 Å². The summed E-state index contributed by atoms with van der Waals surface area (Å²) in [7, 11) is 0. The van der Waals surface area contributed by atoms with Crippen LogP contribution in [0, 0.1) is 5.92 Å². The monoisotopic (exact) mass is 213 g/mol. The zero-order valence-corrected chi connectivity index (χ0v) is 9.59. The summed E-state index contributed by atoms with van der Waals surface area (Å²) in [5.74, 6) is 0.704. The minimum atomic E-state index is 0.191. The second kappa shape index (κ2) is 3.17. The highest BCUT2D eigenvalue weighted by atomic mass is 15.3. The minimum Gasteiger partial charge on any atom is -0.257 e. The van der Waals surface area contributed by atoms with E-state index in [0.717, 1.165) is 11.4 Å². The lowest BCUT2D eigenvalue weighted by Gasteiger charge is -2.14. The maximum atomic E-state index is 4.45. The molecule has 0 aromatic carbocycles. The SMILES string of the molecule is CC1CC1(C)n1nccc1-c1ccccn1. The smallest absolute Gasteiger partial charge is 0.0883 e. The van der Waals surface area contributed by atoms with Crippen molar-refractivity contribution < 1.29 is 0 Å². The van der Waals surface area contributed by atoms with E-state index in [1.165, 1.54) is 6.42 Å². The molecule has 1 aliphatic carbocycles. The molecule has 0 N–H and O–H groups in total. The second-order valence-electron chi connectivity index (χ2n) is 4.81. The van der Waals surface area contributed by atoms with Crippen molar-refractivity contribution in [2.45, 2.75) is 25.8 Å². The number of hydrogen-bond donors (Lipinski definition) is 0. The van der Waals surface area contributed by atoms with Crippen LogP contribution >= 0.6 is 0 Å². The summed E-state index contributed by atoms with van der Waals surface area (Å²) in [6.45, 7) is 4.53. The number of pyridine rings is 1. The molecule has 0 amide bonds. The van der Waals surface area contributed by atoms with E-state index < -0.39 is 0 Å². The van der Waals surface area contributed by atoms with Crippen molar-refractivity contribution >= 4 is 0 Å². The summed E-state index contributed by atoms with van der Waals surface area (Å²) in [5, 5.41) is 4.45. The maximum absolute atomic E-state index is 4.45. The van der Waals surface area contributed by atoms with Crippen molar-refractivity contribution in [2.24, 2.45) is 5.92 Å². The van der Waals surface area contributed by atoms with E-state index in [9.17, 15) is 0 Å². The Hall–Kier alpha value is -1.64. The van der Waals surface area contributed by atoms with Crippen molar-refractivity contribution in [3.63, 3.8) is 0 Å². The summed E-state index contributed by atoms with van der Waals surface area (Å²) in [6, 6.07) is 8.02. The van der Waals surface area contributed by atoms with Crippen LogP contribution in [0.5, 0.6) is 0 Å². The lowest BCUT2D eigenvalue weighted by molar-refractivity contribution is 0.443. The average Bonchev–Trinajstić information content (AvgIpc) is 2.77. The fourth-order valence-corrected chi connectivity index (χ4v) is 2.27. The zero-order valence-electron chi connectivity index (χ0n) is 9.59. The third kappa shape index (κ3) is 1.28. The summed E-state index contributed by atoms with van der Waals surface area (Å²) in [4.78, 5) is 4.39. The first-order chi connectivity index (χ1) is 7.72. The van der Waals surface area contributed by atoms with Gasteiger partial charge in [0.2, 0.25) is 0 Å². The highest BCUT2D eigenvalue weighted by Gasteiger charge is 2.50. The van der Waals surface area contributed by atoms with Gasteiger partial charge in [0.1, 0.15) is 0 Å². The van der Waals surface area contributed by atoms with E-state index in [2.05, 4.69) is 28.6 Å². The number of aromatic nitrogens is 3. The molecule has 1 fully saturated rings. The maximum Gasteiger partial charge on any atom is 0.0883 e. The van der Waals surface area contributed by atoms with Crippen molar-refractivity contribution in [1.29, 1.82) is 0 Å². The average molecular weight is 213 g/mol. The molecule has 3 rings (SSSR count). The standard InChI is InChI=1S/C13H15N3/c1-10-9-13(10,2)16-12(6-8-15-16)11-5-3-4-7-14-11/h3-8,10H,9H2,1-2H3. The van der Waals surface area contributed by atoms with E-state index in [4.69, 9.17) is 0 Å². The first-order valence-electron chi connectivity index (χ1n) is 5.68. The number of nitrogens with zero attached hydrogens (tertiary/aromatic N) is 3. The molecule has 2 aromatic heterocycles. The van der Waals surface area contributed by atoms with Gasteiger partial charge >= 0.3 is 0 Å². The Bertz CT molecular complexity index is 503. The Morgan fingerprint density at radius 2 is 2.12 bits per heavy atom. The molecule has 2 aromatic rings. The molecular weight excluding hydrogens is 198 g/mol. The van der Waals surface area contributed by atoms with Gasteiger partial charge in [0.25, 0.3) is 0 Å². The Kier molecular flexibility index (Phi) is 1.90. The van der Waals surface area contributed by atoms with Gasteiger partial charge in [-0.2, -0.15) is 5.10 Å². The van der Waals surface area contributed by atoms with Gasteiger partial charge in [-0.25, -0.2) is 0 Å². The Morgan fingerprint density at radius 1 is 1.31 bits per heavy atom. The summed E-state index contributed by atoms with van der Waals surface area (Å²) in [6.07, 6.45) is 4.89. The fourth-order valence-electron chi connectivity index (χ4n) is 2.27. The van der Waals surface area contributed by atoms with Gasteiger partial charge < -0.3 is 0 Å². The minimum absolute atomic E-state index is 0.191. The molecule has 2 unspecified atom stereocenters. The van der Waals surface area contributed by atoms with Crippen molar-refractivity contribution in [3.8, 4) is 11.4 Å². The largest absolute Gasteiger partial charge is 0.257 e. The molecule has 1 saturated carbocycles. The van der Waals surface area contributed by atoms with E-state index in [-0.39, 0.29) is 5.54 Å². The van der Waals surface area contributed by atoms with E-state index in [1.54, 1.807) is 0 Å². The van der Waals surface area contributed by atoms with E-state index >= 15 is 0 Å². The van der Waals surface area contributed by atoms with Crippen LogP contribution in [0.2, 0.25) is 0 Å². The summed E-state index contributed by atoms with van der Waals surface area (Å²) >= 11 is 0. The van der Waals surface area contributed by atoms with E-state index in [1.807, 2.05) is 36.7 Å². The van der Waals surface area contributed by atoms with Gasteiger partial charge in [0, 0.05) is 12.4 Å². The molecule has 1 aliphatic rings. The fraction of sp³-hybridized carbons (Fsp3) is 0.385. The lowest BCUT2D eigenvalue weighted by Crippen LogP contribution is -2.17. The lowest BCUT2D eigenvalue weighted by atomic mass is 10.2. The quantitative estimate of drug-likeness (QED) is 0.768. The van der Waals surface area contributed by atoms with Crippen LogP contribution in [-0.2, 0) is 5.54 Å². The van der Waals surface area contributed by atoms with Crippen LogP contribution in [0.15, 0.2) is 36.7 Å². The van der Waals surface area contributed by atoms with Crippen LogP contribution < -0.4 is 0 Å². The van der Waals surface area contributed by atoms with Crippen LogP contribution in [0.4, 0.5) is 0 Å². The molecule has 0 spiro atoms. The molecule has 3 nitrogen and oxygen atoms in total. The molecule has 0 radical (unpaired) electrons. The molecule has 2 atom stereocenters. The van der Waals surface area contributed by atoms with Gasteiger partial charge in [0.05, 0.1) is 16.9 Å². The molecule has 3 heteroatoms. The zero-order chi connectivity index (χ0) is 11.2. The molecule has 16 heavy (non-hydrogen) atoms. The van der Waals surface area contributed by atoms with Crippen LogP contribution in [0.1, 0.15) is 20.3 Å². The highest BCUT2D eigenvalue weighted by molar-refractivity contribution is 5.54. The Labute approximate surface area is 95.1 Å². The van der Waals surface area contributed by atoms with Crippen LogP contribution in [-0.4, -0.2) is 14.8 Å². The van der Waals surface area contributed by atoms with Gasteiger partial charge in [0.15, 0.2) is 0 Å².